The van der Waals surface area contributed by atoms with Crippen LogP contribution in [0.2, 0.25) is 0 Å². The first-order valence-corrected chi connectivity index (χ1v) is 10.0. The third-order valence-electron chi connectivity index (χ3n) is 3.97. The highest BCUT2D eigenvalue weighted by molar-refractivity contribution is 9.10. The van der Waals surface area contributed by atoms with Crippen LogP contribution < -0.4 is 16.3 Å². The Hall–Kier alpha value is -2.97. The number of carbonyl (C=O) groups excluding carboxylic acids is 1. The summed E-state index contributed by atoms with van der Waals surface area (Å²) < 4.78 is 6.31. The number of anilines is 2. The highest BCUT2D eigenvalue weighted by Gasteiger charge is 2.13. The van der Waals surface area contributed by atoms with Crippen LogP contribution in [0.15, 0.2) is 73.7 Å². The molecule has 4 aromatic rings. The first kappa shape index (κ1) is 18.4. The SMILES string of the molecule is O=C(CNc1ccc(Br)cc1)Nc1nc(-c2cc3ccccc3oc2=O)cs1. The van der Waals surface area contributed by atoms with Gasteiger partial charge in [-0.25, -0.2) is 9.78 Å². The summed E-state index contributed by atoms with van der Waals surface area (Å²) in [5.74, 6) is -0.227. The minimum absolute atomic E-state index is 0.106. The molecule has 6 nitrogen and oxygen atoms in total. The highest BCUT2D eigenvalue weighted by Crippen LogP contribution is 2.25. The molecule has 0 atom stereocenters. The molecule has 2 heterocycles. The number of hydrogen-bond donors (Lipinski definition) is 2. The van der Waals surface area contributed by atoms with Crippen molar-refractivity contribution in [1.82, 2.24) is 4.98 Å². The molecular formula is C20H14BrN3O3S. The fourth-order valence-corrected chi connectivity index (χ4v) is 3.60. The molecule has 0 saturated heterocycles. The smallest absolute Gasteiger partial charge is 0.345 e. The third kappa shape index (κ3) is 4.13. The van der Waals surface area contributed by atoms with Crippen LogP contribution in [-0.2, 0) is 4.79 Å². The molecule has 2 N–H and O–H groups in total. The zero-order valence-corrected chi connectivity index (χ0v) is 16.8. The second-order valence-corrected chi connectivity index (χ2v) is 7.71. The number of para-hydroxylation sites is 1. The van der Waals surface area contributed by atoms with Gasteiger partial charge in [-0.3, -0.25) is 4.79 Å². The van der Waals surface area contributed by atoms with Crippen molar-refractivity contribution in [2.24, 2.45) is 0 Å². The highest BCUT2D eigenvalue weighted by atomic mass is 79.9. The lowest BCUT2D eigenvalue weighted by atomic mass is 10.1. The van der Waals surface area contributed by atoms with Crippen LogP contribution in [0.3, 0.4) is 0 Å². The summed E-state index contributed by atoms with van der Waals surface area (Å²) in [7, 11) is 0. The van der Waals surface area contributed by atoms with Gasteiger partial charge >= 0.3 is 5.63 Å². The number of nitrogens with zero attached hydrogens (tertiary/aromatic N) is 1. The number of carbonyl (C=O) groups is 1. The molecule has 140 valence electrons. The van der Waals surface area contributed by atoms with E-state index in [4.69, 9.17) is 4.42 Å². The van der Waals surface area contributed by atoms with Crippen LogP contribution in [0.4, 0.5) is 10.8 Å². The molecule has 8 heteroatoms. The second kappa shape index (κ2) is 7.95. The standard InChI is InChI=1S/C20H14BrN3O3S/c21-13-5-7-14(8-6-13)22-10-18(25)24-20-23-16(11-28-20)15-9-12-3-1-2-4-17(12)27-19(15)26/h1-9,11,22H,10H2,(H,23,24,25). The molecular weight excluding hydrogens is 442 g/mol. The Bertz CT molecular complexity index is 1200. The van der Waals surface area contributed by atoms with E-state index in [-0.39, 0.29) is 12.5 Å². The molecule has 0 aliphatic rings. The van der Waals surface area contributed by atoms with E-state index < -0.39 is 5.63 Å². The first-order chi connectivity index (χ1) is 13.6. The monoisotopic (exact) mass is 455 g/mol. The molecule has 0 radical (unpaired) electrons. The molecule has 0 fully saturated rings. The van der Waals surface area contributed by atoms with Crippen LogP contribution in [0, 0.1) is 0 Å². The van der Waals surface area contributed by atoms with Gasteiger partial charge in [0.05, 0.1) is 17.8 Å². The van der Waals surface area contributed by atoms with Crippen molar-refractivity contribution >= 4 is 55.0 Å². The van der Waals surface area contributed by atoms with Gasteiger partial charge in [0.15, 0.2) is 5.13 Å². The van der Waals surface area contributed by atoms with E-state index in [0.717, 1.165) is 15.5 Å². The zero-order chi connectivity index (χ0) is 19.5. The summed E-state index contributed by atoms with van der Waals surface area (Å²) in [4.78, 5) is 28.7. The number of amides is 1. The Balaban J connectivity index is 1.45. The minimum atomic E-state index is -0.459. The zero-order valence-electron chi connectivity index (χ0n) is 14.4. The van der Waals surface area contributed by atoms with Crippen molar-refractivity contribution in [1.29, 1.82) is 0 Å². The average molecular weight is 456 g/mol. The molecule has 0 aliphatic carbocycles. The number of thiazole rings is 1. The van der Waals surface area contributed by atoms with E-state index in [1.165, 1.54) is 11.3 Å². The lowest BCUT2D eigenvalue weighted by Gasteiger charge is -2.06. The Morgan fingerprint density at radius 1 is 1.14 bits per heavy atom. The Morgan fingerprint density at radius 2 is 1.93 bits per heavy atom. The van der Waals surface area contributed by atoms with Crippen molar-refractivity contribution in [2.45, 2.75) is 0 Å². The first-order valence-electron chi connectivity index (χ1n) is 8.36. The van der Waals surface area contributed by atoms with E-state index >= 15 is 0 Å². The molecule has 0 unspecified atom stereocenters. The van der Waals surface area contributed by atoms with Crippen LogP contribution in [0.5, 0.6) is 0 Å². The minimum Gasteiger partial charge on any atom is -0.422 e. The van der Waals surface area contributed by atoms with Gasteiger partial charge in [-0.05, 0) is 36.4 Å². The fourth-order valence-electron chi connectivity index (χ4n) is 2.61. The molecule has 28 heavy (non-hydrogen) atoms. The number of aromatic nitrogens is 1. The van der Waals surface area contributed by atoms with Crippen LogP contribution in [0.1, 0.15) is 0 Å². The second-order valence-electron chi connectivity index (χ2n) is 5.93. The van der Waals surface area contributed by atoms with Gasteiger partial charge in [-0.1, -0.05) is 34.1 Å². The number of hydrogen-bond acceptors (Lipinski definition) is 6. The van der Waals surface area contributed by atoms with Crippen molar-refractivity contribution < 1.29 is 9.21 Å². The largest absolute Gasteiger partial charge is 0.422 e. The van der Waals surface area contributed by atoms with E-state index in [9.17, 15) is 9.59 Å². The predicted octanol–water partition coefficient (Wildman–Crippen LogP) is 4.73. The van der Waals surface area contributed by atoms with Crippen molar-refractivity contribution in [3.8, 4) is 11.3 Å². The van der Waals surface area contributed by atoms with Gasteiger partial charge in [0.1, 0.15) is 5.58 Å². The van der Waals surface area contributed by atoms with Crippen molar-refractivity contribution in [2.75, 3.05) is 17.2 Å². The summed E-state index contributed by atoms with van der Waals surface area (Å²) in [5.41, 5.74) is 1.74. The summed E-state index contributed by atoms with van der Waals surface area (Å²) in [6.07, 6.45) is 0. The fraction of sp³-hybridized carbons (Fsp3) is 0.0500. The molecule has 0 aliphatic heterocycles. The summed E-state index contributed by atoms with van der Waals surface area (Å²) >= 11 is 4.62. The maximum atomic E-state index is 12.2. The number of rotatable bonds is 5. The Kier molecular flexibility index (Phi) is 5.23. The van der Waals surface area contributed by atoms with E-state index in [1.807, 2.05) is 42.5 Å². The molecule has 1 amide bonds. The number of halogens is 1. The summed E-state index contributed by atoms with van der Waals surface area (Å²) in [6.45, 7) is 0.106. The van der Waals surface area contributed by atoms with Crippen molar-refractivity contribution in [3.63, 3.8) is 0 Å². The summed E-state index contributed by atoms with van der Waals surface area (Å²) in [5, 5.41) is 8.73. The molecule has 0 spiro atoms. The molecule has 0 saturated carbocycles. The lowest BCUT2D eigenvalue weighted by Crippen LogP contribution is -2.21. The van der Waals surface area contributed by atoms with Crippen LogP contribution in [0.25, 0.3) is 22.2 Å². The maximum Gasteiger partial charge on any atom is 0.345 e. The molecule has 2 aromatic heterocycles. The van der Waals surface area contributed by atoms with Gasteiger partial charge < -0.3 is 15.1 Å². The van der Waals surface area contributed by atoms with Gasteiger partial charge in [-0.2, -0.15) is 0 Å². The van der Waals surface area contributed by atoms with E-state index in [0.29, 0.717) is 22.0 Å². The molecule has 0 bridgehead atoms. The van der Waals surface area contributed by atoms with E-state index in [2.05, 4.69) is 31.5 Å². The third-order valence-corrected chi connectivity index (χ3v) is 5.25. The van der Waals surface area contributed by atoms with Crippen LogP contribution >= 0.6 is 27.3 Å². The Morgan fingerprint density at radius 3 is 2.75 bits per heavy atom. The van der Waals surface area contributed by atoms with Gasteiger partial charge in [0.25, 0.3) is 0 Å². The number of benzene rings is 2. The lowest BCUT2D eigenvalue weighted by molar-refractivity contribution is -0.114. The van der Waals surface area contributed by atoms with Gasteiger partial charge in [-0.15, -0.1) is 11.3 Å². The number of fused-ring (bicyclic) bond motifs is 1. The summed E-state index contributed by atoms with van der Waals surface area (Å²) in [6, 6.07) is 16.6. The normalized spacial score (nSPS) is 10.8. The topological polar surface area (TPSA) is 84.2 Å². The number of nitrogens with one attached hydrogen (secondary N) is 2. The average Bonchev–Trinajstić information content (AvgIpc) is 3.15. The molecule has 2 aromatic carbocycles. The predicted molar refractivity (Wildman–Crippen MR) is 115 cm³/mol. The quantitative estimate of drug-likeness (QED) is 0.425. The van der Waals surface area contributed by atoms with Crippen LogP contribution in [-0.4, -0.2) is 17.4 Å². The maximum absolute atomic E-state index is 12.2. The molecule has 4 rings (SSSR count). The van der Waals surface area contributed by atoms with E-state index in [1.54, 1.807) is 17.5 Å². The van der Waals surface area contributed by atoms with Gasteiger partial charge in [0, 0.05) is 20.9 Å². The Labute approximate surface area is 172 Å². The van der Waals surface area contributed by atoms with Crippen molar-refractivity contribution in [3.05, 3.63) is 74.9 Å². The van der Waals surface area contributed by atoms with Gasteiger partial charge in [0.2, 0.25) is 5.91 Å².